The minimum Gasteiger partial charge on any atom is -0.385 e. The van der Waals surface area contributed by atoms with Gasteiger partial charge in [-0.2, -0.15) is 0 Å². The molecule has 0 radical (unpaired) electrons. The lowest BCUT2D eigenvalue weighted by atomic mass is 9.91. The average molecular weight is 215 g/mol. The third-order valence-corrected chi connectivity index (χ3v) is 3.05. The molecule has 1 heterocycles. The standard InChI is InChI=1S/C12H25NO2/c1-3-7-13-12(6-9-14-2)11-5-4-8-15-10-11/h11-13H,3-10H2,1-2H3. The first kappa shape index (κ1) is 12.9. The van der Waals surface area contributed by atoms with Gasteiger partial charge in [0.2, 0.25) is 0 Å². The van der Waals surface area contributed by atoms with Crippen LogP contribution < -0.4 is 5.32 Å². The van der Waals surface area contributed by atoms with Crippen molar-refractivity contribution in [2.75, 3.05) is 33.5 Å². The van der Waals surface area contributed by atoms with E-state index >= 15 is 0 Å². The Bertz CT molecular complexity index is 139. The zero-order valence-corrected chi connectivity index (χ0v) is 10.1. The van der Waals surface area contributed by atoms with E-state index in [4.69, 9.17) is 9.47 Å². The van der Waals surface area contributed by atoms with Crippen molar-refractivity contribution < 1.29 is 9.47 Å². The molecule has 0 aromatic carbocycles. The molecule has 1 aliphatic rings. The van der Waals surface area contributed by atoms with Crippen LogP contribution in [0, 0.1) is 5.92 Å². The molecule has 1 N–H and O–H groups in total. The van der Waals surface area contributed by atoms with Gasteiger partial charge in [-0.1, -0.05) is 6.92 Å². The Morgan fingerprint density at radius 1 is 1.53 bits per heavy atom. The van der Waals surface area contributed by atoms with Crippen molar-refractivity contribution >= 4 is 0 Å². The summed E-state index contributed by atoms with van der Waals surface area (Å²) in [5.74, 6) is 0.681. The molecular formula is C12H25NO2. The topological polar surface area (TPSA) is 30.5 Å². The van der Waals surface area contributed by atoms with Gasteiger partial charge in [0.1, 0.15) is 0 Å². The number of hydrogen-bond donors (Lipinski definition) is 1. The molecule has 2 atom stereocenters. The highest BCUT2D eigenvalue weighted by Gasteiger charge is 2.23. The van der Waals surface area contributed by atoms with E-state index in [0.29, 0.717) is 12.0 Å². The van der Waals surface area contributed by atoms with Gasteiger partial charge in [0.25, 0.3) is 0 Å². The molecule has 0 aromatic rings. The van der Waals surface area contributed by atoms with Gasteiger partial charge in [0.15, 0.2) is 0 Å². The molecule has 3 nitrogen and oxygen atoms in total. The van der Waals surface area contributed by atoms with Crippen LogP contribution in [0.5, 0.6) is 0 Å². The first-order valence-electron chi connectivity index (χ1n) is 6.18. The molecule has 0 bridgehead atoms. The molecule has 0 saturated carbocycles. The van der Waals surface area contributed by atoms with E-state index in [-0.39, 0.29) is 0 Å². The smallest absolute Gasteiger partial charge is 0.0509 e. The van der Waals surface area contributed by atoms with Gasteiger partial charge >= 0.3 is 0 Å². The van der Waals surface area contributed by atoms with E-state index in [1.807, 2.05) is 0 Å². The molecule has 90 valence electrons. The van der Waals surface area contributed by atoms with Crippen molar-refractivity contribution in [3.8, 4) is 0 Å². The van der Waals surface area contributed by atoms with Crippen molar-refractivity contribution in [1.82, 2.24) is 5.32 Å². The molecule has 0 aromatic heterocycles. The Hall–Kier alpha value is -0.120. The van der Waals surface area contributed by atoms with E-state index in [1.54, 1.807) is 7.11 Å². The fourth-order valence-electron chi connectivity index (χ4n) is 2.16. The molecule has 2 unspecified atom stereocenters. The van der Waals surface area contributed by atoms with E-state index in [9.17, 15) is 0 Å². The van der Waals surface area contributed by atoms with Crippen LogP contribution in [-0.2, 0) is 9.47 Å². The Kier molecular flexibility index (Phi) is 6.98. The normalized spacial score (nSPS) is 24.0. The van der Waals surface area contributed by atoms with Crippen LogP contribution in [-0.4, -0.2) is 39.5 Å². The van der Waals surface area contributed by atoms with E-state index in [0.717, 1.165) is 32.8 Å². The summed E-state index contributed by atoms with van der Waals surface area (Å²) in [6, 6.07) is 0.574. The molecule has 0 aliphatic carbocycles. The van der Waals surface area contributed by atoms with E-state index in [2.05, 4.69) is 12.2 Å². The Labute approximate surface area is 93.5 Å². The third-order valence-electron chi connectivity index (χ3n) is 3.05. The summed E-state index contributed by atoms with van der Waals surface area (Å²) in [7, 11) is 1.77. The van der Waals surface area contributed by atoms with Crippen molar-refractivity contribution in [1.29, 1.82) is 0 Å². The minimum atomic E-state index is 0.574. The monoisotopic (exact) mass is 215 g/mol. The van der Waals surface area contributed by atoms with Crippen molar-refractivity contribution in [2.24, 2.45) is 5.92 Å². The van der Waals surface area contributed by atoms with Gasteiger partial charge in [0.05, 0.1) is 6.61 Å². The largest absolute Gasteiger partial charge is 0.385 e. The average Bonchev–Trinajstić information content (AvgIpc) is 2.30. The highest BCUT2D eigenvalue weighted by atomic mass is 16.5. The Morgan fingerprint density at radius 2 is 2.40 bits per heavy atom. The second kappa shape index (κ2) is 8.08. The lowest BCUT2D eigenvalue weighted by Gasteiger charge is -2.31. The Balaban J connectivity index is 2.30. The fraction of sp³-hybridized carbons (Fsp3) is 1.00. The molecular weight excluding hydrogens is 190 g/mol. The summed E-state index contributed by atoms with van der Waals surface area (Å²) in [6.07, 6.45) is 4.80. The van der Waals surface area contributed by atoms with Crippen molar-refractivity contribution in [2.45, 2.75) is 38.6 Å². The maximum Gasteiger partial charge on any atom is 0.0509 e. The molecule has 3 heteroatoms. The zero-order valence-electron chi connectivity index (χ0n) is 10.1. The first-order valence-corrected chi connectivity index (χ1v) is 6.18. The number of hydrogen-bond acceptors (Lipinski definition) is 3. The maximum absolute atomic E-state index is 5.54. The van der Waals surface area contributed by atoms with Gasteiger partial charge in [-0.25, -0.2) is 0 Å². The number of rotatable bonds is 7. The van der Waals surface area contributed by atoms with E-state index < -0.39 is 0 Å². The Morgan fingerprint density at radius 3 is 3.00 bits per heavy atom. The van der Waals surface area contributed by atoms with Crippen LogP contribution in [0.15, 0.2) is 0 Å². The van der Waals surface area contributed by atoms with Crippen LogP contribution >= 0.6 is 0 Å². The summed E-state index contributed by atoms with van der Waals surface area (Å²) in [5.41, 5.74) is 0. The van der Waals surface area contributed by atoms with Gasteiger partial charge in [-0.3, -0.25) is 0 Å². The SMILES string of the molecule is CCCNC(CCOC)C1CCCOC1. The first-order chi connectivity index (χ1) is 7.38. The summed E-state index contributed by atoms with van der Waals surface area (Å²) in [5, 5.41) is 3.61. The number of ether oxygens (including phenoxy) is 2. The zero-order chi connectivity index (χ0) is 10.9. The maximum atomic E-state index is 5.54. The lowest BCUT2D eigenvalue weighted by Crippen LogP contribution is -2.41. The van der Waals surface area contributed by atoms with Crippen molar-refractivity contribution in [3.63, 3.8) is 0 Å². The molecule has 1 fully saturated rings. The summed E-state index contributed by atoms with van der Waals surface area (Å²) in [6.45, 7) is 6.02. The molecule has 1 aliphatic heterocycles. The van der Waals surface area contributed by atoms with Crippen LogP contribution in [0.1, 0.15) is 32.6 Å². The third kappa shape index (κ3) is 4.96. The van der Waals surface area contributed by atoms with Crippen LogP contribution in [0.2, 0.25) is 0 Å². The van der Waals surface area contributed by atoms with E-state index in [1.165, 1.54) is 19.3 Å². The lowest BCUT2D eigenvalue weighted by molar-refractivity contribution is 0.0333. The minimum absolute atomic E-state index is 0.574. The predicted octanol–water partition coefficient (Wildman–Crippen LogP) is 1.82. The van der Waals surface area contributed by atoms with Crippen LogP contribution in [0.3, 0.4) is 0 Å². The van der Waals surface area contributed by atoms with Crippen LogP contribution in [0.4, 0.5) is 0 Å². The molecule has 0 amide bonds. The number of methoxy groups -OCH3 is 1. The second-order valence-electron chi connectivity index (χ2n) is 4.32. The summed E-state index contributed by atoms with van der Waals surface area (Å²) < 4.78 is 10.7. The fourth-order valence-corrected chi connectivity index (χ4v) is 2.16. The quantitative estimate of drug-likeness (QED) is 0.702. The second-order valence-corrected chi connectivity index (χ2v) is 4.32. The van der Waals surface area contributed by atoms with Crippen LogP contribution in [0.25, 0.3) is 0 Å². The summed E-state index contributed by atoms with van der Waals surface area (Å²) in [4.78, 5) is 0. The molecule has 15 heavy (non-hydrogen) atoms. The highest BCUT2D eigenvalue weighted by molar-refractivity contribution is 4.78. The molecule has 0 spiro atoms. The number of nitrogens with one attached hydrogen (secondary N) is 1. The van der Waals surface area contributed by atoms with Crippen molar-refractivity contribution in [3.05, 3.63) is 0 Å². The highest BCUT2D eigenvalue weighted by Crippen LogP contribution is 2.19. The van der Waals surface area contributed by atoms with Gasteiger partial charge in [-0.15, -0.1) is 0 Å². The molecule has 1 saturated heterocycles. The summed E-state index contributed by atoms with van der Waals surface area (Å²) >= 11 is 0. The van der Waals surface area contributed by atoms with Gasteiger partial charge in [0, 0.05) is 26.4 Å². The molecule has 1 rings (SSSR count). The van der Waals surface area contributed by atoms with Gasteiger partial charge < -0.3 is 14.8 Å². The predicted molar refractivity (Wildman–Crippen MR) is 62.1 cm³/mol. The van der Waals surface area contributed by atoms with Gasteiger partial charge in [-0.05, 0) is 38.1 Å².